The molecule has 2 aromatic carbocycles. The number of carbonyl (C=O) groups excluding carboxylic acids is 3. The summed E-state index contributed by atoms with van der Waals surface area (Å²) in [6.45, 7) is 4.35. The number of amides is 1. The Hall–Kier alpha value is -3.39. The van der Waals surface area contributed by atoms with Gasteiger partial charge in [0.15, 0.2) is 17.3 Å². The first-order valence-corrected chi connectivity index (χ1v) is 12.2. The molecule has 8 nitrogen and oxygen atoms in total. The number of ether oxygens (including phenoxy) is 4. The number of likely N-dealkylation sites (tertiary alicyclic amines) is 1. The van der Waals surface area contributed by atoms with Gasteiger partial charge in [0.05, 0.1) is 18.8 Å². The lowest BCUT2D eigenvalue weighted by molar-refractivity contribution is -0.141. The fourth-order valence-corrected chi connectivity index (χ4v) is 4.92. The Bertz CT molecular complexity index is 1110. The van der Waals surface area contributed by atoms with Crippen LogP contribution >= 0.6 is 0 Å². The highest BCUT2D eigenvalue weighted by molar-refractivity contribution is 6.44. The van der Waals surface area contributed by atoms with Gasteiger partial charge in [0.1, 0.15) is 24.9 Å². The molecule has 3 aliphatic rings. The van der Waals surface area contributed by atoms with Gasteiger partial charge in [-0.2, -0.15) is 0 Å². The first-order valence-electron chi connectivity index (χ1n) is 12.2. The van der Waals surface area contributed by atoms with E-state index in [2.05, 4.69) is 0 Å². The van der Waals surface area contributed by atoms with Gasteiger partial charge in [-0.25, -0.2) is 0 Å². The molecule has 3 aliphatic heterocycles. The average Bonchev–Trinajstić information content (AvgIpc) is 3.49. The highest BCUT2D eigenvalue weighted by Gasteiger charge is 2.52. The Morgan fingerprint density at radius 3 is 2.51 bits per heavy atom. The minimum absolute atomic E-state index is 0.149. The third-order valence-electron chi connectivity index (χ3n) is 6.63. The highest BCUT2D eigenvalue weighted by atomic mass is 16.6. The lowest BCUT2D eigenvalue weighted by Gasteiger charge is -2.29. The normalized spacial score (nSPS) is 23.6. The molecule has 184 valence electrons. The third-order valence-corrected chi connectivity index (χ3v) is 6.63. The minimum Gasteiger partial charge on any atom is -0.494 e. The fourth-order valence-electron chi connectivity index (χ4n) is 4.92. The molecular formula is C27H29NO7. The molecule has 2 aromatic rings. The summed E-state index contributed by atoms with van der Waals surface area (Å²) in [6.07, 6.45) is 2.46. The van der Waals surface area contributed by atoms with Crippen molar-refractivity contribution < 1.29 is 33.3 Å². The van der Waals surface area contributed by atoms with Crippen molar-refractivity contribution in [2.24, 2.45) is 5.92 Å². The molecule has 0 bridgehead atoms. The number of hydrogen-bond donors (Lipinski definition) is 0. The number of benzene rings is 2. The summed E-state index contributed by atoms with van der Waals surface area (Å²) in [5.41, 5.74) is 1.02. The number of ketones is 2. The van der Waals surface area contributed by atoms with E-state index in [4.69, 9.17) is 18.9 Å². The van der Waals surface area contributed by atoms with Crippen LogP contribution in [-0.2, 0) is 14.3 Å². The molecule has 2 fully saturated rings. The molecule has 2 saturated heterocycles. The van der Waals surface area contributed by atoms with E-state index in [-0.39, 0.29) is 12.6 Å². The Morgan fingerprint density at radius 2 is 1.80 bits per heavy atom. The summed E-state index contributed by atoms with van der Waals surface area (Å²) in [7, 11) is 0. The lowest BCUT2D eigenvalue weighted by Crippen LogP contribution is -2.37. The average molecular weight is 480 g/mol. The van der Waals surface area contributed by atoms with E-state index in [0.29, 0.717) is 54.8 Å². The number of rotatable bonds is 8. The van der Waals surface area contributed by atoms with Crippen molar-refractivity contribution in [2.75, 3.05) is 33.0 Å². The summed E-state index contributed by atoms with van der Waals surface area (Å²) >= 11 is 0. The zero-order valence-corrected chi connectivity index (χ0v) is 19.7. The van der Waals surface area contributed by atoms with Crippen LogP contribution in [0, 0.1) is 5.92 Å². The number of carbonyl (C=O) groups is 3. The predicted molar refractivity (Wildman–Crippen MR) is 126 cm³/mol. The van der Waals surface area contributed by atoms with Crippen LogP contribution in [0.3, 0.4) is 0 Å². The van der Waals surface area contributed by atoms with Crippen molar-refractivity contribution in [2.45, 2.75) is 38.3 Å². The molecule has 0 N–H and O–H groups in total. The van der Waals surface area contributed by atoms with E-state index in [1.807, 2.05) is 31.2 Å². The second-order valence-corrected chi connectivity index (χ2v) is 9.02. The van der Waals surface area contributed by atoms with Gasteiger partial charge in [-0.15, -0.1) is 0 Å². The maximum absolute atomic E-state index is 13.7. The first kappa shape index (κ1) is 23.4. The highest BCUT2D eigenvalue weighted by Crippen LogP contribution is 2.40. The first-order chi connectivity index (χ1) is 17.1. The van der Waals surface area contributed by atoms with Crippen LogP contribution in [0.4, 0.5) is 0 Å². The van der Waals surface area contributed by atoms with Crippen LogP contribution < -0.4 is 14.2 Å². The number of fused-ring (bicyclic) bond motifs is 1. The molecule has 0 aliphatic carbocycles. The van der Waals surface area contributed by atoms with E-state index in [1.54, 1.807) is 18.2 Å². The maximum atomic E-state index is 13.7. The fraction of sp³-hybridized carbons (Fsp3) is 0.444. The van der Waals surface area contributed by atoms with Crippen molar-refractivity contribution in [1.29, 1.82) is 0 Å². The molecule has 3 unspecified atom stereocenters. The topological polar surface area (TPSA) is 91.4 Å². The molecule has 1 amide bonds. The van der Waals surface area contributed by atoms with Gasteiger partial charge in [0.25, 0.3) is 5.91 Å². The molecule has 0 spiro atoms. The second kappa shape index (κ2) is 10.1. The van der Waals surface area contributed by atoms with Crippen LogP contribution in [0.5, 0.6) is 17.2 Å². The van der Waals surface area contributed by atoms with Gasteiger partial charge >= 0.3 is 0 Å². The molecule has 0 radical (unpaired) electrons. The summed E-state index contributed by atoms with van der Waals surface area (Å²) in [5, 5.41) is 0. The molecule has 3 atom stereocenters. The largest absolute Gasteiger partial charge is 0.494 e. The Balaban J connectivity index is 1.49. The SMILES string of the molecule is CCCOc1ccc(C2C(C(=O)c3ccc4c(c3)OCCO4)C(=O)C(=O)N2CC2CCCO2)cc1. The molecule has 35 heavy (non-hydrogen) atoms. The number of hydrogen-bond acceptors (Lipinski definition) is 7. The van der Waals surface area contributed by atoms with Gasteiger partial charge in [-0.1, -0.05) is 19.1 Å². The van der Waals surface area contributed by atoms with Gasteiger partial charge in [-0.05, 0) is 55.2 Å². The summed E-state index contributed by atoms with van der Waals surface area (Å²) < 4.78 is 22.6. The van der Waals surface area contributed by atoms with Crippen molar-refractivity contribution in [3.05, 3.63) is 53.6 Å². The summed E-state index contributed by atoms with van der Waals surface area (Å²) in [6, 6.07) is 11.4. The Morgan fingerprint density at radius 1 is 1.03 bits per heavy atom. The Kier molecular flexibility index (Phi) is 6.72. The van der Waals surface area contributed by atoms with Crippen LogP contribution in [-0.4, -0.2) is 61.4 Å². The summed E-state index contributed by atoms with van der Waals surface area (Å²) in [4.78, 5) is 41.6. The second-order valence-electron chi connectivity index (χ2n) is 9.02. The predicted octanol–water partition coefficient (Wildman–Crippen LogP) is 3.38. The minimum atomic E-state index is -1.16. The van der Waals surface area contributed by atoms with Crippen molar-refractivity contribution in [3.63, 3.8) is 0 Å². The van der Waals surface area contributed by atoms with Crippen LogP contribution in [0.15, 0.2) is 42.5 Å². The molecule has 5 rings (SSSR count). The van der Waals surface area contributed by atoms with Crippen molar-refractivity contribution in [1.82, 2.24) is 4.90 Å². The molecular weight excluding hydrogens is 450 g/mol. The van der Waals surface area contributed by atoms with E-state index in [0.717, 1.165) is 19.3 Å². The van der Waals surface area contributed by atoms with Crippen molar-refractivity contribution in [3.8, 4) is 17.2 Å². The van der Waals surface area contributed by atoms with Crippen LogP contribution in [0.2, 0.25) is 0 Å². The zero-order valence-electron chi connectivity index (χ0n) is 19.7. The molecule has 0 aromatic heterocycles. The number of Topliss-reactive ketones (excluding diaryl/α,β-unsaturated/α-hetero) is 2. The number of nitrogens with zero attached hydrogens (tertiary/aromatic N) is 1. The molecule has 8 heteroatoms. The van der Waals surface area contributed by atoms with Gasteiger partial charge in [0, 0.05) is 18.7 Å². The smallest absolute Gasteiger partial charge is 0.291 e. The van der Waals surface area contributed by atoms with E-state index in [1.165, 1.54) is 4.90 Å². The monoisotopic (exact) mass is 479 g/mol. The standard InChI is InChI=1S/C27H29NO7/c1-2-11-32-19-8-5-17(6-9-19)24-23(26(30)27(31)28(24)16-20-4-3-12-33-20)25(29)18-7-10-21-22(15-18)35-14-13-34-21/h5-10,15,20,23-24H,2-4,11-14,16H2,1H3. The van der Waals surface area contributed by atoms with Crippen molar-refractivity contribution >= 4 is 17.5 Å². The van der Waals surface area contributed by atoms with Gasteiger partial charge in [0.2, 0.25) is 5.78 Å². The maximum Gasteiger partial charge on any atom is 0.291 e. The zero-order chi connectivity index (χ0) is 24.4. The quantitative estimate of drug-likeness (QED) is 0.326. The lowest BCUT2D eigenvalue weighted by atomic mass is 9.86. The van der Waals surface area contributed by atoms with Crippen LogP contribution in [0.1, 0.15) is 48.1 Å². The van der Waals surface area contributed by atoms with Gasteiger partial charge in [-0.3, -0.25) is 14.4 Å². The van der Waals surface area contributed by atoms with E-state index in [9.17, 15) is 14.4 Å². The van der Waals surface area contributed by atoms with E-state index < -0.39 is 29.4 Å². The van der Waals surface area contributed by atoms with Crippen LogP contribution in [0.25, 0.3) is 0 Å². The van der Waals surface area contributed by atoms with E-state index >= 15 is 0 Å². The third kappa shape index (κ3) is 4.62. The Labute approximate surface area is 204 Å². The molecule has 3 heterocycles. The summed E-state index contributed by atoms with van der Waals surface area (Å²) in [5.74, 6) is -1.19. The van der Waals surface area contributed by atoms with Gasteiger partial charge < -0.3 is 23.8 Å². The molecule has 0 saturated carbocycles.